The van der Waals surface area contributed by atoms with E-state index in [1.165, 1.54) is 0 Å². The Morgan fingerprint density at radius 3 is 2.89 bits per heavy atom. The maximum Gasteiger partial charge on any atom is 0.273 e. The molecule has 0 aliphatic heterocycles. The molecule has 2 N–H and O–H groups in total. The second kappa shape index (κ2) is 5.22. The van der Waals surface area contributed by atoms with E-state index in [1.807, 2.05) is 17.7 Å². The van der Waals surface area contributed by atoms with Crippen molar-refractivity contribution in [3.05, 3.63) is 34.6 Å². The van der Waals surface area contributed by atoms with Crippen LogP contribution in [-0.2, 0) is 6.54 Å². The first-order valence-corrected chi connectivity index (χ1v) is 5.94. The molecule has 0 saturated carbocycles. The van der Waals surface area contributed by atoms with Gasteiger partial charge in [-0.05, 0) is 13.8 Å². The minimum atomic E-state index is -0.276. The number of nitrogens with one attached hydrogen (secondary N) is 2. The lowest BCUT2D eigenvalue weighted by Gasteiger charge is -2.06. The normalized spacial score (nSPS) is 10.6. The molecule has 0 radical (unpaired) electrons. The van der Waals surface area contributed by atoms with Crippen LogP contribution in [0.15, 0.2) is 12.4 Å². The Hall–Kier alpha value is -1.82. The molecule has 18 heavy (non-hydrogen) atoms. The van der Waals surface area contributed by atoms with E-state index in [0.717, 1.165) is 5.82 Å². The van der Waals surface area contributed by atoms with Gasteiger partial charge in [-0.3, -0.25) is 9.89 Å². The standard InChI is InChI=1S/C11H14ClN5O/c1-7-9(12)10(16-15-7)11(18)14-4-6-17-5-3-13-8(17)2/h3,5H,4,6H2,1-2H3,(H,14,18)(H,15,16). The van der Waals surface area contributed by atoms with Gasteiger partial charge in [0.25, 0.3) is 5.91 Å². The first kappa shape index (κ1) is 12.6. The number of hydrogen-bond donors (Lipinski definition) is 2. The van der Waals surface area contributed by atoms with Gasteiger partial charge in [-0.15, -0.1) is 0 Å². The first-order chi connectivity index (χ1) is 8.59. The van der Waals surface area contributed by atoms with Gasteiger partial charge in [0.05, 0.1) is 10.7 Å². The second-order valence-electron chi connectivity index (χ2n) is 3.93. The van der Waals surface area contributed by atoms with E-state index in [0.29, 0.717) is 23.8 Å². The van der Waals surface area contributed by atoms with Crippen LogP contribution in [0.2, 0.25) is 5.02 Å². The summed E-state index contributed by atoms with van der Waals surface area (Å²) in [7, 11) is 0. The minimum absolute atomic E-state index is 0.233. The molecule has 0 atom stereocenters. The van der Waals surface area contributed by atoms with Gasteiger partial charge in [-0.1, -0.05) is 11.6 Å². The lowest BCUT2D eigenvalue weighted by Crippen LogP contribution is -2.27. The van der Waals surface area contributed by atoms with Crippen LogP contribution in [0, 0.1) is 13.8 Å². The van der Waals surface area contributed by atoms with Crippen molar-refractivity contribution in [3.8, 4) is 0 Å². The number of nitrogens with zero attached hydrogens (tertiary/aromatic N) is 3. The van der Waals surface area contributed by atoms with Gasteiger partial charge >= 0.3 is 0 Å². The molecule has 0 aliphatic carbocycles. The molecule has 0 aliphatic rings. The number of H-pyrrole nitrogens is 1. The third kappa shape index (κ3) is 2.53. The number of halogens is 1. The molecule has 96 valence electrons. The van der Waals surface area contributed by atoms with Crippen molar-refractivity contribution in [1.82, 2.24) is 25.1 Å². The van der Waals surface area contributed by atoms with Crippen LogP contribution in [0.4, 0.5) is 0 Å². The number of imidazole rings is 1. The van der Waals surface area contributed by atoms with E-state index in [1.54, 1.807) is 13.1 Å². The van der Waals surface area contributed by atoms with Gasteiger partial charge in [0.15, 0.2) is 5.69 Å². The molecule has 0 spiro atoms. The smallest absolute Gasteiger partial charge is 0.273 e. The van der Waals surface area contributed by atoms with Crippen molar-refractivity contribution in [2.24, 2.45) is 0 Å². The highest BCUT2D eigenvalue weighted by Gasteiger charge is 2.15. The Morgan fingerprint density at radius 2 is 2.33 bits per heavy atom. The highest BCUT2D eigenvalue weighted by molar-refractivity contribution is 6.34. The molecule has 2 heterocycles. The molecule has 1 amide bonds. The number of aryl methyl sites for hydroxylation is 2. The lowest BCUT2D eigenvalue weighted by atomic mass is 10.3. The van der Waals surface area contributed by atoms with Crippen LogP contribution >= 0.6 is 11.6 Å². The van der Waals surface area contributed by atoms with Crippen molar-refractivity contribution < 1.29 is 4.79 Å². The summed E-state index contributed by atoms with van der Waals surface area (Å²) in [5.41, 5.74) is 0.920. The molecule has 6 nitrogen and oxygen atoms in total. The summed E-state index contributed by atoms with van der Waals surface area (Å²) in [4.78, 5) is 15.9. The molecular weight excluding hydrogens is 254 g/mol. The van der Waals surface area contributed by atoms with E-state index < -0.39 is 0 Å². The third-order valence-corrected chi connectivity index (χ3v) is 3.11. The SMILES string of the molecule is Cc1[nH]nc(C(=O)NCCn2ccnc2C)c1Cl. The molecule has 2 aromatic heterocycles. The lowest BCUT2D eigenvalue weighted by molar-refractivity contribution is 0.0947. The number of aromatic nitrogens is 4. The number of rotatable bonds is 4. The zero-order valence-corrected chi connectivity index (χ0v) is 11.0. The molecule has 0 bridgehead atoms. The molecule has 0 aromatic carbocycles. The predicted octanol–water partition coefficient (Wildman–Crippen LogP) is 1.31. The Labute approximate surface area is 109 Å². The van der Waals surface area contributed by atoms with Crippen LogP contribution in [0.3, 0.4) is 0 Å². The summed E-state index contributed by atoms with van der Waals surface area (Å²) in [5, 5.41) is 9.66. The molecule has 0 unspecified atom stereocenters. The van der Waals surface area contributed by atoms with E-state index in [2.05, 4.69) is 20.5 Å². The Kier molecular flexibility index (Phi) is 3.66. The van der Waals surface area contributed by atoms with Crippen LogP contribution in [0.1, 0.15) is 22.0 Å². The summed E-state index contributed by atoms with van der Waals surface area (Å²) in [6.07, 6.45) is 3.60. The fourth-order valence-electron chi connectivity index (χ4n) is 1.58. The average molecular weight is 268 g/mol. The van der Waals surface area contributed by atoms with Crippen LogP contribution in [0.5, 0.6) is 0 Å². The van der Waals surface area contributed by atoms with Crippen molar-refractivity contribution in [1.29, 1.82) is 0 Å². The van der Waals surface area contributed by atoms with Gasteiger partial charge in [0.1, 0.15) is 5.82 Å². The first-order valence-electron chi connectivity index (χ1n) is 5.56. The summed E-state index contributed by atoms with van der Waals surface area (Å²) in [6.45, 7) is 4.84. The fourth-order valence-corrected chi connectivity index (χ4v) is 1.75. The average Bonchev–Trinajstić information content (AvgIpc) is 2.88. The minimum Gasteiger partial charge on any atom is -0.349 e. The molecule has 0 fully saturated rings. The number of amides is 1. The van der Waals surface area contributed by atoms with E-state index in [-0.39, 0.29) is 11.6 Å². The van der Waals surface area contributed by atoms with Gasteiger partial charge in [0.2, 0.25) is 0 Å². The summed E-state index contributed by atoms with van der Waals surface area (Å²) in [6, 6.07) is 0. The second-order valence-corrected chi connectivity index (χ2v) is 4.31. The molecule has 0 saturated heterocycles. The topological polar surface area (TPSA) is 75.6 Å². The Morgan fingerprint density at radius 1 is 1.56 bits per heavy atom. The van der Waals surface area contributed by atoms with Gasteiger partial charge in [-0.2, -0.15) is 5.10 Å². The van der Waals surface area contributed by atoms with Gasteiger partial charge < -0.3 is 9.88 Å². The summed E-state index contributed by atoms with van der Waals surface area (Å²) < 4.78 is 1.96. The van der Waals surface area contributed by atoms with Crippen molar-refractivity contribution in [2.75, 3.05) is 6.54 Å². The van der Waals surface area contributed by atoms with Gasteiger partial charge in [-0.25, -0.2) is 4.98 Å². The monoisotopic (exact) mass is 267 g/mol. The highest BCUT2D eigenvalue weighted by Crippen LogP contribution is 2.16. The van der Waals surface area contributed by atoms with Crippen LogP contribution in [0.25, 0.3) is 0 Å². The van der Waals surface area contributed by atoms with Crippen molar-refractivity contribution in [3.63, 3.8) is 0 Å². The zero-order valence-electron chi connectivity index (χ0n) is 10.2. The maximum absolute atomic E-state index is 11.8. The van der Waals surface area contributed by atoms with E-state index in [9.17, 15) is 4.79 Å². The van der Waals surface area contributed by atoms with E-state index in [4.69, 9.17) is 11.6 Å². The fraction of sp³-hybridized carbons (Fsp3) is 0.364. The zero-order chi connectivity index (χ0) is 13.1. The Bertz CT molecular complexity index is 560. The van der Waals surface area contributed by atoms with Gasteiger partial charge in [0, 0.05) is 25.5 Å². The quantitative estimate of drug-likeness (QED) is 0.877. The Balaban J connectivity index is 1.89. The number of aromatic amines is 1. The van der Waals surface area contributed by atoms with E-state index >= 15 is 0 Å². The largest absolute Gasteiger partial charge is 0.349 e. The number of carbonyl (C=O) groups excluding carboxylic acids is 1. The number of hydrogen-bond acceptors (Lipinski definition) is 3. The predicted molar refractivity (Wildman–Crippen MR) is 67.6 cm³/mol. The van der Waals surface area contributed by atoms with Crippen LogP contribution in [-0.4, -0.2) is 32.2 Å². The summed E-state index contributed by atoms with van der Waals surface area (Å²) in [5.74, 6) is 0.639. The molecular formula is C11H14ClN5O. The summed E-state index contributed by atoms with van der Waals surface area (Å²) >= 11 is 5.94. The van der Waals surface area contributed by atoms with Crippen molar-refractivity contribution in [2.45, 2.75) is 20.4 Å². The third-order valence-electron chi connectivity index (χ3n) is 2.65. The molecule has 7 heteroatoms. The molecule has 2 aromatic rings. The van der Waals surface area contributed by atoms with Crippen LogP contribution < -0.4 is 5.32 Å². The van der Waals surface area contributed by atoms with Crippen molar-refractivity contribution >= 4 is 17.5 Å². The highest BCUT2D eigenvalue weighted by atomic mass is 35.5. The maximum atomic E-state index is 11.8. The number of carbonyl (C=O) groups is 1. The molecule has 2 rings (SSSR count).